The maximum Gasteiger partial charge on any atom is 0.174 e. The zero-order chi connectivity index (χ0) is 19.1. The summed E-state index contributed by atoms with van der Waals surface area (Å²) in [7, 11) is 0. The molecule has 2 N–H and O–H groups in total. The zero-order valence-corrected chi connectivity index (χ0v) is 15.6. The fourth-order valence-corrected chi connectivity index (χ4v) is 4.20. The van der Waals surface area contributed by atoms with E-state index in [0.29, 0.717) is 0 Å². The van der Waals surface area contributed by atoms with E-state index in [1.54, 1.807) is 0 Å². The van der Waals surface area contributed by atoms with Crippen LogP contribution in [0.2, 0.25) is 0 Å². The Morgan fingerprint density at radius 3 is 2.21 bits per heavy atom. The third kappa shape index (κ3) is 2.55. The van der Waals surface area contributed by atoms with Crippen molar-refractivity contribution >= 4 is 27.6 Å². The minimum absolute atomic E-state index is 0.109. The summed E-state index contributed by atoms with van der Waals surface area (Å²) in [6, 6.07) is 25.9. The molecule has 2 aromatic heterocycles. The van der Waals surface area contributed by atoms with Gasteiger partial charge in [-0.1, -0.05) is 66.7 Å². The molecule has 1 unspecified atom stereocenters. The van der Waals surface area contributed by atoms with E-state index in [1.807, 2.05) is 66.9 Å². The Morgan fingerprint density at radius 2 is 1.43 bits per heavy atom. The van der Waals surface area contributed by atoms with Crippen LogP contribution in [0, 0.1) is 6.92 Å². The SMILES string of the molecule is Cc1[nH]c2ccccc2c1C(C(=O)c1ccccc1)c1c[nH]c2ccccc12. The zero-order valence-electron chi connectivity index (χ0n) is 15.6. The molecule has 136 valence electrons. The van der Waals surface area contributed by atoms with Crippen molar-refractivity contribution in [2.75, 3.05) is 0 Å². The number of carbonyl (C=O) groups is 1. The fraction of sp³-hybridized carbons (Fsp3) is 0.0800. The van der Waals surface area contributed by atoms with Gasteiger partial charge in [0.25, 0.3) is 0 Å². The van der Waals surface area contributed by atoms with Gasteiger partial charge in [0, 0.05) is 39.3 Å². The summed E-state index contributed by atoms with van der Waals surface area (Å²) < 4.78 is 0. The summed E-state index contributed by atoms with van der Waals surface area (Å²) >= 11 is 0. The molecule has 0 fully saturated rings. The van der Waals surface area contributed by atoms with Crippen molar-refractivity contribution < 1.29 is 4.79 Å². The summed E-state index contributed by atoms with van der Waals surface area (Å²) in [4.78, 5) is 20.6. The van der Waals surface area contributed by atoms with Crippen LogP contribution < -0.4 is 0 Å². The topological polar surface area (TPSA) is 48.6 Å². The minimum atomic E-state index is -0.380. The maximum absolute atomic E-state index is 13.8. The first-order chi connectivity index (χ1) is 13.7. The molecule has 5 rings (SSSR count). The highest BCUT2D eigenvalue weighted by atomic mass is 16.1. The van der Waals surface area contributed by atoms with Crippen LogP contribution >= 0.6 is 0 Å². The Kier molecular flexibility index (Phi) is 3.87. The normalized spacial score (nSPS) is 12.5. The number of hydrogen-bond donors (Lipinski definition) is 2. The molecule has 0 saturated heterocycles. The number of para-hydroxylation sites is 2. The van der Waals surface area contributed by atoms with E-state index in [0.717, 1.165) is 44.2 Å². The molecule has 0 saturated carbocycles. The summed E-state index contributed by atoms with van der Waals surface area (Å²) in [6.45, 7) is 2.05. The van der Waals surface area contributed by atoms with E-state index in [9.17, 15) is 4.79 Å². The smallest absolute Gasteiger partial charge is 0.174 e. The van der Waals surface area contributed by atoms with Gasteiger partial charge in [0.2, 0.25) is 0 Å². The van der Waals surface area contributed by atoms with Crippen LogP contribution in [-0.2, 0) is 0 Å². The second-order valence-electron chi connectivity index (χ2n) is 7.16. The van der Waals surface area contributed by atoms with E-state index >= 15 is 0 Å². The number of aromatic nitrogens is 2. The lowest BCUT2D eigenvalue weighted by Gasteiger charge is -2.17. The number of ketones is 1. The van der Waals surface area contributed by atoms with Crippen molar-refractivity contribution in [3.63, 3.8) is 0 Å². The second kappa shape index (κ2) is 6.54. The van der Waals surface area contributed by atoms with Crippen molar-refractivity contribution in [2.24, 2.45) is 0 Å². The lowest BCUT2D eigenvalue weighted by Crippen LogP contribution is -2.15. The first-order valence-corrected chi connectivity index (χ1v) is 9.46. The van der Waals surface area contributed by atoms with E-state index in [1.165, 1.54) is 0 Å². The molecule has 28 heavy (non-hydrogen) atoms. The standard InChI is InChI=1S/C25H20N2O/c1-16-23(19-12-6-8-14-22(19)27-16)24(25(28)17-9-3-2-4-10-17)20-15-26-21-13-7-5-11-18(20)21/h2-15,24,26-27H,1H3. The number of carbonyl (C=O) groups excluding carboxylic acids is 1. The molecule has 0 aliphatic rings. The van der Waals surface area contributed by atoms with E-state index in [4.69, 9.17) is 0 Å². The van der Waals surface area contributed by atoms with Crippen LogP contribution in [-0.4, -0.2) is 15.8 Å². The molecular weight excluding hydrogens is 344 g/mol. The van der Waals surface area contributed by atoms with E-state index in [-0.39, 0.29) is 11.7 Å². The van der Waals surface area contributed by atoms with Gasteiger partial charge in [-0.3, -0.25) is 4.79 Å². The predicted molar refractivity (Wildman–Crippen MR) is 114 cm³/mol. The quantitative estimate of drug-likeness (QED) is 0.379. The molecule has 5 aromatic rings. The first-order valence-electron chi connectivity index (χ1n) is 9.46. The molecule has 0 spiro atoms. The highest BCUT2D eigenvalue weighted by Gasteiger charge is 2.30. The Bertz CT molecular complexity index is 1290. The molecular formula is C25H20N2O. The molecule has 0 aliphatic carbocycles. The van der Waals surface area contributed by atoms with Crippen LogP contribution in [0.1, 0.15) is 33.1 Å². The van der Waals surface area contributed by atoms with Crippen molar-refractivity contribution in [1.29, 1.82) is 0 Å². The van der Waals surface area contributed by atoms with Gasteiger partial charge in [0.1, 0.15) is 0 Å². The van der Waals surface area contributed by atoms with Gasteiger partial charge in [0.15, 0.2) is 5.78 Å². The van der Waals surface area contributed by atoms with Gasteiger partial charge in [-0.2, -0.15) is 0 Å². The van der Waals surface area contributed by atoms with Crippen molar-refractivity contribution in [2.45, 2.75) is 12.8 Å². The summed E-state index contributed by atoms with van der Waals surface area (Å²) in [6.07, 6.45) is 1.98. The van der Waals surface area contributed by atoms with Crippen LogP contribution in [0.3, 0.4) is 0 Å². The number of hydrogen-bond acceptors (Lipinski definition) is 1. The average Bonchev–Trinajstić information content (AvgIpc) is 3.30. The Morgan fingerprint density at radius 1 is 0.786 bits per heavy atom. The van der Waals surface area contributed by atoms with Crippen LogP contribution in [0.15, 0.2) is 85.1 Å². The molecule has 0 radical (unpaired) electrons. The van der Waals surface area contributed by atoms with Gasteiger partial charge >= 0.3 is 0 Å². The average molecular weight is 364 g/mol. The molecule has 0 bridgehead atoms. The number of benzene rings is 3. The van der Waals surface area contributed by atoms with Gasteiger partial charge < -0.3 is 9.97 Å². The lowest BCUT2D eigenvalue weighted by atomic mass is 9.83. The highest BCUT2D eigenvalue weighted by Crippen LogP contribution is 2.38. The Hall–Kier alpha value is -3.59. The third-order valence-corrected chi connectivity index (χ3v) is 5.48. The highest BCUT2D eigenvalue weighted by molar-refractivity contribution is 6.08. The van der Waals surface area contributed by atoms with Crippen molar-refractivity contribution in [3.8, 4) is 0 Å². The van der Waals surface area contributed by atoms with Gasteiger partial charge in [-0.05, 0) is 30.2 Å². The maximum atomic E-state index is 13.8. The molecule has 2 heterocycles. The number of H-pyrrole nitrogens is 2. The molecule has 0 aliphatic heterocycles. The molecule has 3 heteroatoms. The first kappa shape index (κ1) is 16.6. The Balaban J connectivity index is 1.80. The largest absolute Gasteiger partial charge is 0.361 e. The summed E-state index contributed by atoms with van der Waals surface area (Å²) in [5.74, 6) is -0.270. The van der Waals surface area contributed by atoms with Gasteiger partial charge in [0.05, 0.1) is 5.92 Å². The molecule has 1 atom stereocenters. The van der Waals surface area contributed by atoms with Crippen LogP contribution in [0.25, 0.3) is 21.8 Å². The number of Topliss-reactive ketones (excluding diaryl/α,β-unsaturated/α-hetero) is 1. The molecule has 3 nitrogen and oxygen atoms in total. The number of aromatic amines is 2. The number of rotatable bonds is 4. The molecule has 0 amide bonds. The van der Waals surface area contributed by atoms with Crippen LogP contribution in [0.5, 0.6) is 0 Å². The second-order valence-corrected chi connectivity index (χ2v) is 7.16. The molecule has 3 aromatic carbocycles. The minimum Gasteiger partial charge on any atom is -0.361 e. The summed E-state index contributed by atoms with van der Waals surface area (Å²) in [5.41, 5.74) is 5.91. The monoisotopic (exact) mass is 364 g/mol. The van der Waals surface area contributed by atoms with Gasteiger partial charge in [-0.15, -0.1) is 0 Å². The predicted octanol–water partition coefficient (Wildman–Crippen LogP) is 5.97. The van der Waals surface area contributed by atoms with Crippen molar-refractivity contribution in [3.05, 3.63) is 107 Å². The number of nitrogens with one attached hydrogen (secondary N) is 2. The van der Waals surface area contributed by atoms with E-state index < -0.39 is 0 Å². The van der Waals surface area contributed by atoms with E-state index in [2.05, 4.69) is 35.1 Å². The third-order valence-electron chi connectivity index (χ3n) is 5.48. The summed E-state index contributed by atoms with van der Waals surface area (Å²) in [5, 5.41) is 2.18. The van der Waals surface area contributed by atoms with Crippen molar-refractivity contribution in [1.82, 2.24) is 9.97 Å². The van der Waals surface area contributed by atoms with Crippen LogP contribution in [0.4, 0.5) is 0 Å². The number of fused-ring (bicyclic) bond motifs is 2. The number of aryl methyl sites for hydroxylation is 1. The fourth-order valence-electron chi connectivity index (χ4n) is 4.20. The van der Waals surface area contributed by atoms with Gasteiger partial charge in [-0.25, -0.2) is 0 Å². The lowest BCUT2D eigenvalue weighted by molar-refractivity contribution is 0.0974. The Labute approximate surface area is 163 Å².